The Bertz CT molecular complexity index is 719. The van der Waals surface area contributed by atoms with Gasteiger partial charge in [-0.1, -0.05) is 60.7 Å². The summed E-state index contributed by atoms with van der Waals surface area (Å²) in [6.45, 7) is 0.676. The molecule has 1 radical (unpaired) electrons. The lowest BCUT2D eigenvalue weighted by molar-refractivity contribution is 0.120. The van der Waals surface area contributed by atoms with Gasteiger partial charge in [-0.05, 0) is 16.9 Å². The first-order chi connectivity index (χ1) is 10.7. The molecule has 4 nitrogen and oxygen atoms in total. The van der Waals surface area contributed by atoms with E-state index in [1.54, 1.807) is 0 Å². The lowest BCUT2D eigenvalue weighted by Crippen LogP contribution is -2.40. The molecule has 3 rings (SSSR count). The summed E-state index contributed by atoms with van der Waals surface area (Å²) in [6.07, 6.45) is 1.43. The standard InChI is InChI=1S/C18H15N2O2/c21-17-11-12-19(13-15-7-3-1-4-8-15)18(22)20(17)14-16-9-5-2-6-10-16/h1-10,12H,13-14H2. The molecule has 0 atom stereocenters. The minimum absolute atomic E-state index is 0.255. The second-order valence-electron chi connectivity index (χ2n) is 5.05. The first kappa shape index (κ1) is 14.0. The van der Waals surface area contributed by atoms with E-state index in [0.29, 0.717) is 6.54 Å². The van der Waals surface area contributed by atoms with Crippen LogP contribution in [0, 0.1) is 0 Å². The Kier molecular flexibility index (Phi) is 3.95. The van der Waals surface area contributed by atoms with E-state index in [2.05, 4.69) is 5.73 Å². The molecule has 22 heavy (non-hydrogen) atoms. The summed E-state index contributed by atoms with van der Waals surface area (Å²) in [5.74, 6) is -0.404. The zero-order valence-electron chi connectivity index (χ0n) is 12.0. The molecule has 0 bridgehead atoms. The molecule has 0 unspecified atom stereocenters. The predicted molar refractivity (Wildman–Crippen MR) is 81.6 cm³/mol. The van der Waals surface area contributed by atoms with E-state index >= 15 is 0 Å². The number of carbonyl (C=O) groups is 1. The zero-order valence-corrected chi connectivity index (χ0v) is 12.0. The van der Waals surface area contributed by atoms with Gasteiger partial charge in [0.2, 0.25) is 0 Å². The molecule has 109 valence electrons. The quantitative estimate of drug-likeness (QED) is 0.795. The van der Waals surface area contributed by atoms with Crippen LogP contribution in [0.25, 0.3) is 0 Å². The summed E-state index contributed by atoms with van der Waals surface area (Å²) in [5.41, 5.74) is 4.53. The fraction of sp³-hybridized carbons (Fsp3) is 0.111. The van der Waals surface area contributed by atoms with Crippen molar-refractivity contribution in [3.8, 4) is 0 Å². The van der Waals surface area contributed by atoms with Gasteiger partial charge in [-0.15, -0.1) is 0 Å². The Morgan fingerprint density at radius 2 is 1.36 bits per heavy atom. The second kappa shape index (κ2) is 6.20. The maximum atomic E-state index is 12.5. The normalized spacial score (nSPS) is 14.2. The summed E-state index contributed by atoms with van der Waals surface area (Å²) in [4.78, 5) is 15.2. The molecule has 0 saturated heterocycles. The molecule has 0 fully saturated rings. The lowest BCUT2D eigenvalue weighted by atomic mass is 10.2. The van der Waals surface area contributed by atoms with E-state index in [9.17, 15) is 9.90 Å². The number of urea groups is 1. The summed E-state index contributed by atoms with van der Waals surface area (Å²) in [5, 5.41) is 11.9. The van der Waals surface area contributed by atoms with Crippen molar-refractivity contribution in [2.75, 3.05) is 0 Å². The van der Waals surface area contributed by atoms with Gasteiger partial charge in [-0.25, -0.2) is 9.69 Å². The Balaban J connectivity index is 1.79. The van der Waals surface area contributed by atoms with Gasteiger partial charge >= 0.3 is 11.9 Å². The minimum atomic E-state index is -0.404. The van der Waals surface area contributed by atoms with Crippen LogP contribution in [0.2, 0.25) is 0 Å². The third-order valence-electron chi connectivity index (χ3n) is 3.44. The fourth-order valence-electron chi connectivity index (χ4n) is 2.31. The average Bonchev–Trinajstić information content (AvgIpc) is 2.56. The molecule has 0 aromatic heterocycles. The van der Waals surface area contributed by atoms with E-state index < -0.39 is 5.88 Å². The Morgan fingerprint density at radius 1 is 0.818 bits per heavy atom. The van der Waals surface area contributed by atoms with Crippen LogP contribution in [-0.2, 0) is 18.2 Å². The van der Waals surface area contributed by atoms with Gasteiger partial charge in [-0.2, -0.15) is 0 Å². The molecule has 0 aliphatic carbocycles. The number of carbonyl (C=O) groups excluding carboxylic acids is 1. The van der Waals surface area contributed by atoms with Gasteiger partial charge < -0.3 is 0 Å². The van der Waals surface area contributed by atoms with Gasteiger partial charge in [0.1, 0.15) is 0 Å². The number of hydrogen-bond acceptors (Lipinski definition) is 1. The van der Waals surface area contributed by atoms with Crippen molar-refractivity contribution in [3.05, 3.63) is 89.6 Å². The maximum absolute atomic E-state index is 12.5. The van der Waals surface area contributed by atoms with Crippen LogP contribution in [-0.4, -0.2) is 15.8 Å². The Hall–Kier alpha value is -2.97. The van der Waals surface area contributed by atoms with E-state index in [1.165, 1.54) is 16.0 Å². The highest BCUT2D eigenvalue weighted by molar-refractivity contribution is 5.78. The minimum Gasteiger partial charge on any atom is -0.289 e. The number of amides is 2. The summed E-state index contributed by atoms with van der Waals surface area (Å²) in [7, 11) is 0. The predicted octanol–water partition coefficient (Wildman–Crippen LogP) is 3.51. The van der Waals surface area contributed by atoms with Crippen LogP contribution in [0.4, 0.5) is 4.79 Å². The van der Waals surface area contributed by atoms with Crippen LogP contribution in [0.1, 0.15) is 11.1 Å². The van der Waals surface area contributed by atoms with Crippen molar-refractivity contribution >= 4 is 6.03 Å². The molecule has 1 aliphatic heterocycles. The van der Waals surface area contributed by atoms with Gasteiger partial charge in [0.15, 0.2) is 0 Å². The molecule has 2 aromatic carbocycles. The summed E-state index contributed by atoms with van der Waals surface area (Å²) in [6, 6.07) is 18.8. The van der Waals surface area contributed by atoms with Gasteiger partial charge in [0, 0.05) is 0 Å². The highest BCUT2D eigenvalue weighted by atomic mass is 16.3. The molecule has 4 heteroatoms. The second-order valence-corrected chi connectivity index (χ2v) is 5.05. The van der Waals surface area contributed by atoms with E-state index in [4.69, 9.17) is 0 Å². The number of rotatable bonds is 4. The first-order valence-corrected chi connectivity index (χ1v) is 7.04. The van der Waals surface area contributed by atoms with Crippen LogP contribution in [0.3, 0.4) is 0 Å². The maximum Gasteiger partial charge on any atom is 0.332 e. The van der Waals surface area contributed by atoms with Crippen molar-refractivity contribution in [3.63, 3.8) is 0 Å². The molecule has 1 aliphatic rings. The third kappa shape index (κ3) is 3.03. The highest BCUT2D eigenvalue weighted by Crippen LogP contribution is 2.18. The lowest BCUT2D eigenvalue weighted by Gasteiger charge is -2.28. The van der Waals surface area contributed by atoms with Crippen molar-refractivity contribution in [1.29, 1.82) is 0 Å². The molecule has 2 aromatic rings. The van der Waals surface area contributed by atoms with Gasteiger partial charge in [0.05, 0.1) is 19.3 Å². The number of nitrogens with zero attached hydrogens (tertiary/aromatic N) is 2. The van der Waals surface area contributed by atoms with Crippen LogP contribution in [0.5, 0.6) is 0 Å². The van der Waals surface area contributed by atoms with Crippen molar-refractivity contribution in [1.82, 2.24) is 9.80 Å². The third-order valence-corrected chi connectivity index (χ3v) is 3.44. The SMILES string of the molecule is [O]C1=C=CN(Cc2ccccc2)C(=O)N1Cc1ccccc1. The first-order valence-electron chi connectivity index (χ1n) is 7.04. The van der Waals surface area contributed by atoms with E-state index in [1.807, 2.05) is 60.7 Å². The van der Waals surface area contributed by atoms with Crippen LogP contribution in [0.15, 0.2) is 78.5 Å². The van der Waals surface area contributed by atoms with E-state index in [-0.39, 0.29) is 12.6 Å². The highest BCUT2D eigenvalue weighted by Gasteiger charge is 2.27. The average molecular weight is 291 g/mol. The fourth-order valence-corrected chi connectivity index (χ4v) is 2.31. The van der Waals surface area contributed by atoms with Gasteiger partial charge in [0.25, 0.3) is 0 Å². The molecule has 2 amide bonds. The van der Waals surface area contributed by atoms with Gasteiger partial charge in [-0.3, -0.25) is 10.0 Å². The van der Waals surface area contributed by atoms with Crippen LogP contribution < -0.4 is 0 Å². The Morgan fingerprint density at radius 3 is 1.95 bits per heavy atom. The molecule has 0 N–H and O–H groups in total. The zero-order chi connectivity index (χ0) is 15.4. The smallest absolute Gasteiger partial charge is 0.289 e. The summed E-state index contributed by atoms with van der Waals surface area (Å²) < 4.78 is 0. The van der Waals surface area contributed by atoms with E-state index in [0.717, 1.165) is 11.1 Å². The monoisotopic (exact) mass is 291 g/mol. The molecule has 1 heterocycles. The number of hydrogen-bond donors (Lipinski definition) is 0. The molecule has 0 spiro atoms. The molecular formula is C18H15N2O2. The topological polar surface area (TPSA) is 43.5 Å². The van der Waals surface area contributed by atoms with Crippen molar-refractivity contribution < 1.29 is 9.90 Å². The van der Waals surface area contributed by atoms with Crippen LogP contribution >= 0.6 is 0 Å². The van der Waals surface area contributed by atoms with Crippen molar-refractivity contribution in [2.45, 2.75) is 13.1 Å². The van der Waals surface area contributed by atoms with Crippen molar-refractivity contribution in [2.24, 2.45) is 0 Å². The molecular weight excluding hydrogens is 276 g/mol. The number of benzene rings is 2. The molecule has 0 saturated carbocycles. The summed E-state index contributed by atoms with van der Waals surface area (Å²) >= 11 is 0. The largest absolute Gasteiger partial charge is 0.332 e. The Labute approximate surface area is 129 Å².